The minimum atomic E-state index is 0.562. The van der Waals surface area contributed by atoms with Crippen molar-refractivity contribution in [2.75, 3.05) is 11.4 Å². The van der Waals surface area contributed by atoms with Crippen molar-refractivity contribution in [1.82, 2.24) is 10.2 Å². The predicted molar refractivity (Wildman–Crippen MR) is 65.8 cm³/mol. The predicted octanol–water partition coefficient (Wildman–Crippen LogP) is 1.97. The van der Waals surface area contributed by atoms with E-state index in [1.807, 2.05) is 0 Å². The van der Waals surface area contributed by atoms with Crippen molar-refractivity contribution in [2.24, 2.45) is 0 Å². The van der Waals surface area contributed by atoms with Gasteiger partial charge < -0.3 is 4.90 Å². The van der Waals surface area contributed by atoms with Gasteiger partial charge in [0.25, 0.3) is 0 Å². The number of fused-ring (bicyclic) bond motifs is 1. The van der Waals surface area contributed by atoms with Gasteiger partial charge in [-0.15, -0.1) is 16.4 Å². The van der Waals surface area contributed by atoms with Gasteiger partial charge in [0, 0.05) is 17.5 Å². The molecular weight excluding hydrogens is 232 g/mol. The number of nitriles is 1. The molecule has 5 heteroatoms. The summed E-state index contributed by atoms with van der Waals surface area (Å²) in [5.41, 5.74) is 2.00. The van der Waals surface area contributed by atoms with Crippen molar-refractivity contribution < 1.29 is 0 Å². The average Bonchev–Trinajstić information content (AvgIpc) is 2.86. The zero-order valence-electron chi connectivity index (χ0n) is 9.13. The van der Waals surface area contributed by atoms with E-state index in [2.05, 4.69) is 32.6 Å². The Morgan fingerprint density at radius 3 is 3.29 bits per heavy atom. The van der Waals surface area contributed by atoms with Gasteiger partial charge in [-0.1, -0.05) is 0 Å². The van der Waals surface area contributed by atoms with Gasteiger partial charge in [0.15, 0.2) is 5.82 Å². The maximum absolute atomic E-state index is 8.85. The van der Waals surface area contributed by atoms with Crippen molar-refractivity contribution in [1.29, 1.82) is 5.26 Å². The molecule has 1 aliphatic heterocycles. The van der Waals surface area contributed by atoms with Crippen LogP contribution in [-0.4, -0.2) is 16.7 Å². The molecule has 0 spiro atoms. The fraction of sp³-hybridized carbons (Fsp3) is 0.250. The van der Waals surface area contributed by atoms with Gasteiger partial charge in [-0.05, 0) is 23.4 Å². The minimum absolute atomic E-state index is 0.562. The summed E-state index contributed by atoms with van der Waals surface area (Å²) in [5, 5.41) is 18.9. The minimum Gasteiger partial charge on any atom is -0.350 e. The highest BCUT2D eigenvalue weighted by Crippen LogP contribution is 2.26. The number of aromatic nitrogens is 2. The highest BCUT2D eigenvalue weighted by atomic mass is 32.1. The van der Waals surface area contributed by atoms with Crippen LogP contribution in [0.4, 0.5) is 5.82 Å². The fourth-order valence-electron chi connectivity index (χ4n) is 2.00. The highest BCUT2D eigenvalue weighted by molar-refractivity contribution is 7.10. The van der Waals surface area contributed by atoms with Crippen LogP contribution in [0.1, 0.15) is 16.0 Å². The second kappa shape index (κ2) is 4.15. The molecule has 0 unspecified atom stereocenters. The number of hydrogen-bond donors (Lipinski definition) is 0. The third-order valence-electron chi connectivity index (χ3n) is 2.92. The van der Waals surface area contributed by atoms with Gasteiger partial charge in [0.2, 0.25) is 0 Å². The summed E-state index contributed by atoms with van der Waals surface area (Å²) in [6.07, 6.45) is 2.53. The molecule has 84 valence electrons. The third kappa shape index (κ3) is 1.87. The Bertz CT molecular complexity index is 584. The Hall–Kier alpha value is -1.93. The first kappa shape index (κ1) is 10.2. The summed E-state index contributed by atoms with van der Waals surface area (Å²) in [7, 11) is 0. The first-order chi connectivity index (χ1) is 8.36. The second-order valence-electron chi connectivity index (χ2n) is 3.95. The normalized spacial score (nSPS) is 14.2. The van der Waals surface area contributed by atoms with Crippen molar-refractivity contribution >= 4 is 17.2 Å². The molecule has 2 aromatic heterocycles. The number of nitrogens with zero attached hydrogens (tertiary/aromatic N) is 4. The smallest absolute Gasteiger partial charge is 0.152 e. The summed E-state index contributed by atoms with van der Waals surface area (Å²) < 4.78 is 0. The van der Waals surface area contributed by atoms with E-state index in [0.717, 1.165) is 25.3 Å². The lowest BCUT2D eigenvalue weighted by Gasteiger charge is -2.27. The molecule has 1 aliphatic rings. The maximum Gasteiger partial charge on any atom is 0.152 e. The molecule has 3 rings (SSSR count). The SMILES string of the molecule is N#Cc1cnnc(N2CCc3ccsc3C2)c1. The Balaban J connectivity index is 1.89. The van der Waals surface area contributed by atoms with Gasteiger partial charge >= 0.3 is 0 Å². The Morgan fingerprint density at radius 1 is 1.47 bits per heavy atom. The van der Waals surface area contributed by atoms with Crippen molar-refractivity contribution in [3.63, 3.8) is 0 Å². The number of thiophene rings is 1. The molecule has 0 amide bonds. The van der Waals surface area contributed by atoms with E-state index in [-0.39, 0.29) is 0 Å². The summed E-state index contributed by atoms with van der Waals surface area (Å²) in [6, 6.07) is 6.08. The van der Waals surface area contributed by atoms with Gasteiger partial charge in [0.05, 0.1) is 18.3 Å². The first-order valence-electron chi connectivity index (χ1n) is 5.40. The fourth-order valence-corrected chi connectivity index (χ4v) is 2.95. The molecule has 0 aliphatic carbocycles. The lowest BCUT2D eigenvalue weighted by atomic mass is 10.1. The van der Waals surface area contributed by atoms with Crippen molar-refractivity contribution in [2.45, 2.75) is 13.0 Å². The van der Waals surface area contributed by atoms with Crippen molar-refractivity contribution in [3.8, 4) is 6.07 Å². The molecule has 3 heterocycles. The Morgan fingerprint density at radius 2 is 2.41 bits per heavy atom. The second-order valence-corrected chi connectivity index (χ2v) is 4.96. The zero-order valence-corrected chi connectivity index (χ0v) is 9.94. The summed E-state index contributed by atoms with van der Waals surface area (Å²) in [6.45, 7) is 1.81. The monoisotopic (exact) mass is 242 g/mol. The van der Waals surface area contributed by atoms with E-state index in [4.69, 9.17) is 5.26 Å². The van der Waals surface area contributed by atoms with E-state index >= 15 is 0 Å². The zero-order chi connectivity index (χ0) is 11.7. The van der Waals surface area contributed by atoms with Gasteiger partial charge in [-0.3, -0.25) is 0 Å². The van der Waals surface area contributed by atoms with Crippen molar-refractivity contribution in [3.05, 3.63) is 39.7 Å². The van der Waals surface area contributed by atoms with Crippen LogP contribution in [0.5, 0.6) is 0 Å². The van der Waals surface area contributed by atoms with Gasteiger partial charge in [0.1, 0.15) is 6.07 Å². The lowest BCUT2D eigenvalue weighted by molar-refractivity contribution is 0.724. The van der Waals surface area contributed by atoms with Crippen LogP contribution in [0.3, 0.4) is 0 Å². The van der Waals surface area contributed by atoms with E-state index < -0.39 is 0 Å². The molecule has 0 atom stereocenters. The molecule has 17 heavy (non-hydrogen) atoms. The quantitative estimate of drug-likeness (QED) is 0.767. The summed E-state index contributed by atoms with van der Waals surface area (Å²) >= 11 is 1.78. The van der Waals surface area contributed by atoms with E-state index in [9.17, 15) is 0 Å². The van der Waals surface area contributed by atoms with Crippen LogP contribution >= 0.6 is 11.3 Å². The molecular formula is C12H10N4S. The summed E-state index contributed by atoms with van der Waals surface area (Å²) in [5.74, 6) is 0.795. The van der Waals surface area contributed by atoms with Gasteiger partial charge in [-0.2, -0.15) is 10.4 Å². The molecule has 0 radical (unpaired) electrons. The van der Waals surface area contributed by atoms with Gasteiger partial charge in [-0.25, -0.2) is 0 Å². The standard InChI is InChI=1S/C12H10N4S/c13-6-9-5-12(15-14-7-9)16-3-1-10-2-4-17-11(10)8-16/h2,4-5,7H,1,3,8H2. The van der Waals surface area contributed by atoms with Crippen LogP contribution in [0.25, 0.3) is 0 Å². The third-order valence-corrected chi connectivity index (χ3v) is 3.87. The Kier molecular flexibility index (Phi) is 2.50. The number of hydrogen-bond acceptors (Lipinski definition) is 5. The molecule has 0 bridgehead atoms. The van der Waals surface area contributed by atoms with Crippen LogP contribution in [-0.2, 0) is 13.0 Å². The molecule has 0 aromatic carbocycles. The maximum atomic E-state index is 8.85. The molecule has 0 fully saturated rings. The highest BCUT2D eigenvalue weighted by Gasteiger charge is 2.18. The van der Waals surface area contributed by atoms with E-state index in [1.165, 1.54) is 16.6 Å². The van der Waals surface area contributed by atoms with E-state index in [0.29, 0.717) is 5.56 Å². The lowest BCUT2D eigenvalue weighted by Crippen LogP contribution is -2.30. The number of rotatable bonds is 1. The van der Waals surface area contributed by atoms with Crippen LogP contribution in [0.2, 0.25) is 0 Å². The Labute approximate surface area is 103 Å². The molecule has 4 nitrogen and oxygen atoms in total. The summed E-state index contributed by atoms with van der Waals surface area (Å²) in [4.78, 5) is 3.56. The first-order valence-corrected chi connectivity index (χ1v) is 6.28. The topological polar surface area (TPSA) is 52.8 Å². The molecule has 0 N–H and O–H groups in total. The van der Waals surface area contributed by atoms with Crippen LogP contribution in [0.15, 0.2) is 23.7 Å². The largest absolute Gasteiger partial charge is 0.350 e. The van der Waals surface area contributed by atoms with Crippen LogP contribution < -0.4 is 4.90 Å². The number of anilines is 1. The molecule has 2 aromatic rings. The molecule has 0 saturated carbocycles. The van der Waals surface area contributed by atoms with E-state index in [1.54, 1.807) is 17.4 Å². The molecule has 0 saturated heterocycles. The average molecular weight is 242 g/mol. The van der Waals surface area contributed by atoms with Crippen LogP contribution in [0, 0.1) is 11.3 Å².